The predicted octanol–water partition coefficient (Wildman–Crippen LogP) is 1.19. The molecular weight excluding hydrogens is 280 g/mol. The Kier molecular flexibility index (Phi) is 4.03. The summed E-state index contributed by atoms with van der Waals surface area (Å²) in [6.45, 7) is 3.55. The Balaban J connectivity index is 1.77. The Labute approximate surface area is 120 Å². The van der Waals surface area contributed by atoms with Crippen molar-refractivity contribution in [3.8, 4) is 0 Å². The van der Waals surface area contributed by atoms with Crippen LogP contribution in [0.15, 0.2) is 11.6 Å². The lowest BCUT2D eigenvalue weighted by Crippen LogP contribution is -2.40. The predicted molar refractivity (Wildman–Crippen MR) is 74.3 cm³/mol. The fraction of sp³-hybridized carbons (Fsp3) is 0.500. The number of anilines is 1. The lowest BCUT2D eigenvalue weighted by atomic mass is 10.1. The van der Waals surface area contributed by atoms with Crippen molar-refractivity contribution in [2.24, 2.45) is 0 Å². The first-order valence-electron chi connectivity index (χ1n) is 6.23. The molecule has 0 aromatic carbocycles. The zero-order valence-corrected chi connectivity index (χ0v) is 12.1. The van der Waals surface area contributed by atoms with Gasteiger partial charge >= 0.3 is 6.03 Å². The fourth-order valence-corrected chi connectivity index (χ4v) is 2.43. The maximum absolute atomic E-state index is 11.9. The van der Waals surface area contributed by atoms with Crippen molar-refractivity contribution < 1.29 is 14.4 Å². The molecule has 0 radical (unpaired) electrons. The van der Waals surface area contributed by atoms with Crippen LogP contribution in [0.4, 0.5) is 9.93 Å². The van der Waals surface area contributed by atoms with Crippen LogP contribution < -0.4 is 10.6 Å². The van der Waals surface area contributed by atoms with Gasteiger partial charge in [0, 0.05) is 24.5 Å². The molecule has 0 bridgehead atoms. The van der Waals surface area contributed by atoms with Crippen LogP contribution in [0, 0.1) is 0 Å². The number of hydrogen-bond acceptors (Lipinski definition) is 5. The maximum atomic E-state index is 11.9. The second kappa shape index (κ2) is 5.58. The van der Waals surface area contributed by atoms with E-state index in [1.165, 1.54) is 11.3 Å². The molecule has 1 aliphatic rings. The Hall–Kier alpha value is -1.96. The number of nitrogens with zero attached hydrogens (tertiary/aromatic N) is 2. The number of carbonyl (C=O) groups is 3. The average Bonchev–Trinajstić information content (AvgIpc) is 2.91. The molecule has 108 valence electrons. The van der Waals surface area contributed by atoms with Crippen molar-refractivity contribution in [2.75, 3.05) is 11.9 Å². The van der Waals surface area contributed by atoms with E-state index in [1.54, 1.807) is 25.4 Å². The maximum Gasteiger partial charge on any atom is 0.325 e. The third-order valence-electron chi connectivity index (χ3n) is 2.91. The topological polar surface area (TPSA) is 91.4 Å². The minimum absolute atomic E-state index is 0.175. The van der Waals surface area contributed by atoms with E-state index in [4.69, 9.17) is 0 Å². The fourth-order valence-electron chi connectivity index (χ4n) is 1.89. The van der Waals surface area contributed by atoms with Crippen molar-refractivity contribution >= 4 is 34.3 Å². The van der Waals surface area contributed by atoms with Gasteiger partial charge in [0.1, 0.15) is 5.54 Å². The monoisotopic (exact) mass is 296 g/mol. The summed E-state index contributed by atoms with van der Waals surface area (Å²) in [5.41, 5.74) is -0.861. The van der Waals surface area contributed by atoms with Crippen molar-refractivity contribution in [3.05, 3.63) is 11.6 Å². The van der Waals surface area contributed by atoms with E-state index in [0.29, 0.717) is 11.6 Å². The lowest BCUT2D eigenvalue weighted by Gasteiger charge is -2.15. The van der Waals surface area contributed by atoms with Gasteiger partial charge in [-0.25, -0.2) is 9.78 Å². The molecule has 2 heterocycles. The smallest absolute Gasteiger partial charge is 0.324 e. The molecule has 0 unspecified atom stereocenters. The van der Waals surface area contributed by atoms with Crippen molar-refractivity contribution in [1.82, 2.24) is 15.2 Å². The summed E-state index contributed by atoms with van der Waals surface area (Å²) in [7, 11) is 0. The van der Waals surface area contributed by atoms with E-state index in [9.17, 15) is 14.4 Å². The minimum Gasteiger partial charge on any atom is -0.324 e. The van der Waals surface area contributed by atoms with Crippen LogP contribution in [0.2, 0.25) is 0 Å². The number of nitrogens with one attached hydrogen (secondary N) is 2. The molecular formula is C12H16N4O3S. The molecule has 7 nitrogen and oxygen atoms in total. The summed E-state index contributed by atoms with van der Waals surface area (Å²) < 4.78 is 0. The minimum atomic E-state index is -0.861. The average molecular weight is 296 g/mol. The number of hydrogen-bond donors (Lipinski definition) is 2. The molecule has 1 saturated heterocycles. The van der Waals surface area contributed by atoms with E-state index in [1.807, 2.05) is 0 Å². The number of rotatable bonds is 5. The van der Waals surface area contributed by atoms with Gasteiger partial charge in [0.15, 0.2) is 5.13 Å². The largest absolute Gasteiger partial charge is 0.325 e. The van der Waals surface area contributed by atoms with E-state index in [0.717, 1.165) is 4.90 Å². The molecule has 0 atom stereocenters. The van der Waals surface area contributed by atoms with Crippen LogP contribution in [0.3, 0.4) is 0 Å². The third-order valence-corrected chi connectivity index (χ3v) is 3.60. The summed E-state index contributed by atoms with van der Waals surface area (Å²) in [6.07, 6.45) is 2.26. The lowest BCUT2D eigenvalue weighted by molar-refractivity contribution is -0.130. The Morgan fingerprint density at radius 1 is 1.50 bits per heavy atom. The highest BCUT2D eigenvalue weighted by atomic mass is 32.1. The SMILES string of the molecule is CC1(C)NC(=O)N(CCCC(=O)Nc2nccs2)C1=O. The molecule has 0 aliphatic carbocycles. The van der Waals surface area contributed by atoms with Crippen molar-refractivity contribution in [2.45, 2.75) is 32.2 Å². The standard InChI is InChI=1S/C12H16N4O3S/c1-12(2)9(18)16(11(19)15-12)6-3-4-8(17)14-10-13-5-7-20-10/h5,7H,3-4,6H2,1-2H3,(H,15,19)(H,13,14,17). The second-order valence-corrected chi connectivity index (χ2v) is 5.90. The molecule has 0 spiro atoms. The van der Waals surface area contributed by atoms with Gasteiger partial charge in [-0.15, -0.1) is 11.3 Å². The summed E-state index contributed by atoms with van der Waals surface area (Å²) in [5, 5.41) is 7.56. The molecule has 2 rings (SSSR count). The number of carbonyl (C=O) groups excluding carboxylic acids is 3. The number of aromatic nitrogens is 1. The number of urea groups is 1. The van der Waals surface area contributed by atoms with Crippen LogP contribution >= 0.6 is 11.3 Å². The number of imide groups is 1. The Morgan fingerprint density at radius 3 is 2.80 bits per heavy atom. The van der Waals surface area contributed by atoms with Gasteiger partial charge < -0.3 is 10.6 Å². The number of thiazole rings is 1. The van der Waals surface area contributed by atoms with Crippen LogP contribution in [-0.4, -0.2) is 39.8 Å². The molecule has 1 aromatic heterocycles. The normalized spacial score (nSPS) is 17.2. The van der Waals surface area contributed by atoms with Crippen LogP contribution in [-0.2, 0) is 9.59 Å². The van der Waals surface area contributed by atoms with E-state index < -0.39 is 11.6 Å². The van der Waals surface area contributed by atoms with E-state index in [-0.39, 0.29) is 24.8 Å². The Bertz CT molecular complexity index is 527. The van der Waals surface area contributed by atoms with Gasteiger partial charge in [-0.2, -0.15) is 0 Å². The zero-order chi connectivity index (χ0) is 14.8. The van der Waals surface area contributed by atoms with Crippen LogP contribution in [0.5, 0.6) is 0 Å². The number of amides is 4. The molecule has 0 saturated carbocycles. The van der Waals surface area contributed by atoms with Crippen molar-refractivity contribution in [1.29, 1.82) is 0 Å². The van der Waals surface area contributed by atoms with Gasteiger partial charge in [0.25, 0.3) is 5.91 Å². The summed E-state index contributed by atoms with van der Waals surface area (Å²) in [4.78, 5) is 40.2. The highest BCUT2D eigenvalue weighted by Crippen LogP contribution is 2.17. The molecule has 20 heavy (non-hydrogen) atoms. The zero-order valence-electron chi connectivity index (χ0n) is 11.3. The first-order valence-corrected chi connectivity index (χ1v) is 7.11. The first-order chi connectivity index (χ1) is 9.40. The van der Waals surface area contributed by atoms with Gasteiger partial charge in [0.2, 0.25) is 5.91 Å². The van der Waals surface area contributed by atoms with E-state index in [2.05, 4.69) is 15.6 Å². The van der Waals surface area contributed by atoms with Crippen LogP contribution in [0.1, 0.15) is 26.7 Å². The van der Waals surface area contributed by atoms with Crippen molar-refractivity contribution in [3.63, 3.8) is 0 Å². The molecule has 1 fully saturated rings. The first kappa shape index (κ1) is 14.4. The third kappa shape index (κ3) is 3.13. The molecule has 1 aromatic rings. The summed E-state index contributed by atoms with van der Waals surface area (Å²) >= 11 is 1.34. The summed E-state index contributed by atoms with van der Waals surface area (Å²) in [5.74, 6) is -0.436. The second-order valence-electron chi connectivity index (χ2n) is 5.00. The highest BCUT2D eigenvalue weighted by molar-refractivity contribution is 7.13. The Morgan fingerprint density at radius 2 is 2.25 bits per heavy atom. The van der Waals surface area contributed by atoms with Gasteiger partial charge in [-0.05, 0) is 20.3 Å². The summed E-state index contributed by atoms with van der Waals surface area (Å²) in [6, 6.07) is -0.402. The molecule has 8 heteroatoms. The molecule has 1 aliphatic heterocycles. The quantitative estimate of drug-likeness (QED) is 0.798. The van der Waals surface area contributed by atoms with E-state index >= 15 is 0 Å². The van der Waals surface area contributed by atoms with Gasteiger partial charge in [-0.3, -0.25) is 14.5 Å². The highest BCUT2D eigenvalue weighted by Gasteiger charge is 2.43. The molecule has 2 N–H and O–H groups in total. The molecule has 4 amide bonds. The van der Waals surface area contributed by atoms with Gasteiger partial charge in [0.05, 0.1) is 0 Å². The van der Waals surface area contributed by atoms with Gasteiger partial charge in [-0.1, -0.05) is 0 Å². The van der Waals surface area contributed by atoms with Crippen LogP contribution in [0.25, 0.3) is 0 Å².